The van der Waals surface area contributed by atoms with Crippen LogP contribution in [-0.4, -0.2) is 13.1 Å². The molecular weight excluding hydrogens is 226 g/mol. The molecule has 0 saturated carbocycles. The molecule has 2 nitrogen and oxygen atoms in total. The Morgan fingerprint density at radius 2 is 1.29 bits per heavy atom. The lowest BCUT2D eigenvalue weighted by molar-refractivity contribution is 0.547. The van der Waals surface area contributed by atoms with Crippen LogP contribution in [0.2, 0.25) is 16.6 Å². The first-order chi connectivity index (χ1) is 7.74. The third-order valence-corrected chi connectivity index (χ3v) is 11.0. The van der Waals surface area contributed by atoms with Gasteiger partial charge in [-0.25, -0.2) is 4.98 Å². The van der Waals surface area contributed by atoms with Crippen molar-refractivity contribution in [1.29, 1.82) is 0 Å². The van der Waals surface area contributed by atoms with Crippen molar-refractivity contribution in [2.24, 2.45) is 0 Å². The van der Waals surface area contributed by atoms with E-state index in [1.807, 2.05) is 13.8 Å². The largest absolute Gasteiger partial charge is 0.451 e. The summed E-state index contributed by atoms with van der Waals surface area (Å²) in [6.07, 6.45) is 0. The fourth-order valence-electron chi connectivity index (χ4n) is 3.40. The molecule has 0 bridgehead atoms. The lowest BCUT2D eigenvalue weighted by atomic mass is 10.4. The van der Waals surface area contributed by atoms with Crippen molar-refractivity contribution in [2.75, 3.05) is 0 Å². The number of hydrogen-bond donors (Lipinski definition) is 0. The van der Waals surface area contributed by atoms with E-state index in [1.54, 1.807) is 0 Å². The van der Waals surface area contributed by atoms with E-state index in [9.17, 15) is 0 Å². The molecule has 98 valence electrons. The summed E-state index contributed by atoms with van der Waals surface area (Å²) in [7, 11) is -1.69. The zero-order valence-corrected chi connectivity index (χ0v) is 13.6. The monoisotopic (exact) mass is 253 g/mol. The molecule has 0 N–H and O–H groups in total. The fraction of sp³-hybridized carbons (Fsp3) is 0.786. The highest BCUT2D eigenvalue weighted by molar-refractivity contribution is 6.93. The van der Waals surface area contributed by atoms with Gasteiger partial charge in [0, 0.05) is 0 Å². The maximum absolute atomic E-state index is 6.01. The number of nitrogens with zero attached hydrogens (tertiary/aromatic N) is 1. The Bertz CT molecular complexity index is 338. The first-order valence-corrected chi connectivity index (χ1v) is 8.92. The van der Waals surface area contributed by atoms with Crippen molar-refractivity contribution >= 4 is 13.6 Å². The SMILES string of the molecule is Cc1nc([Si](C(C)C)(C(C)C)C(C)C)oc1C. The first-order valence-electron chi connectivity index (χ1n) is 6.69. The minimum Gasteiger partial charge on any atom is -0.451 e. The van der Waals surface area contributed by atoms with Crippen LogP contribution in [0.1, 0.15) is 53.0 Å². The fourth-order valence-corrected chi connectivity index (χ4v) is 9.57. The van der Waals surface area contributed by atoms with Crippen molar-refractivity contribution in [1.82, 2.24) is 4.98 Å². The summed E-state index contributed by atoms with van der Waals surface area (Å²) < 4.78 is 6.01. The average Bonchev–Trinajstić information content (AvgIpc) is 2.45. The maximum atomic E-state index is 6.01. The van der Waals surface area contributed by atoms with Crippen molar-refractivity contribution in [3.05, 3.63) is 11.5 Å². The summed E-state index contributed by atoms with van der Waals surface area (Å²) >= 11 is 0. The minimum absolute atomic E-state index is 0.653. The summed E-state index contributed by atoms with van der Waals surface area (Å²) in [5.74, 6) is 0.985. The molecule has 0 saturated heterocycles. The minimum atomic E-state index is -1.69. The Morgan fingerprint density at radius 3 is 1.53 bits per heavy atom. The molecule has 0 radical (unpaired) electrons. The van der Waals surface area contributed by atoms with Gasteiger partial charge >= 0.3 is 0 Å². The van der Waals surface area contributed by atoms with E-state index in [1.165, 1.54) is 0 Å². The van der Waals surface area contributed by atoms with E-state index in [0.29, 0.717) is 16.6 Å². The van der Waals surface area contributed by atoms with E-state index in [-0.39, 0.29) is 0 Å². The van der Waals surface area contributed by atoms with E-state index < -0.39 is 8.07 Å². The standard InChI is InChI=1S/C14H27NOSi/c1-9(2)17(10(3)4,11(5)6)14-15-12(7)13(8)16-14/h9-11H,1-8H3. The molecule has 1 aromatic rings. The molecule has 1 heterocycles. The van der Waals surface area contributed by atoms with Gasteiger partial charge in [0.1, 0.15) is 5.76 Å². The molecule has 3 heteroatoms. The molecular formula is C14H27NOSi. The lowest BCUT2D eigenvalue weighted by Crippen LogP contribution is -2.56. The highest BCUT2D eigenvalue weighted by Crippen LogP contribution is 2.40. The third kappa shape index (κ3) is 2.22. The number of aromatic nitrogens is 1. The summed E-state index contributed by atoms with van der Waals surface area (Å²) in [6, 6.07) is 0. The molecule has 17 heavy (non-hydrogen) atoms. The van der Waals surface area contributed by atoms with Crippen LogP contribution in [0, 0.1) is 13.8 Å². The van der Waals surface area contributed by atoms with Crippen LogP contribution < -0.4 is 5.51 Å². The Labute approximate surface area is 107 Å². The van der Waals surface area contributed by atoms with Gasteiger partial charge in [0.05, 0.1) is 5.69 Å². The molecule has 1 aromatic heterocycles. The molecule has 0 aromatic carbocycles. The molecule has 1 rings (SSSR count). The second kappa shape index (κ2) is 4.97. The zero-order valence-electron chi connectivity index (χ0n) is 12.6. The van der Waals surface area contributed by atoms with E-state index >= 15 is 0 Å². The highest BCUT2D eigenvalue weighted by Gasteiger charge is 2.49. The number of oxazole rings is 1. The summed E-state index contributed by atoms with van der Waals surface area (Å²) in [6.45, 7) is 18.1. The molecule has 0 aliphatic heterocycles. The van der Waals surface area contributed by atoms with Crippen molar-refractivity contribution in [2.45, 2.75) is 72.0 Å². The van der Waals surface area contributed by atoms with Gasteiger partial charge in [-0.15, -0.1) is 0 Å². The van der Waals surface area contributed by atoms with Crippen LogP contribution in [0.25, 0.3) is 0 Å². The smallest absolute Gasteiger partial charge is 0.167 e. The highest BCUT2D eigenvalue weighted by atomic mass is 28.3. The Balaban J connectivity index is 3.41. The van der Waals surface area contributed by atoms with Crippen LogP contribution in [-0.2, 0) is 0 Å². The van der Waals surface area contributed by atoms with Gasteiger partial charge in [-0.3, -0.25) is 0 Å². The van der Waals surface area contributed by atoms with Crippen molar-refractivity contribution in [3.63, 3.8) is 0 Å². The molecule has 0 unspecified atom stereocenters. The quantitative estimate of drug-likeness (QED) is 0.752. The first kappa shape index (κ1) is 14.5. The van der Waals surface area contributed by atoms with E-state index in [0.717, 1.165) is 17.0 Å². The summed E-state index contributed by atoms with van der Waals surface area (Å²) in [5, 5.41) is 0. The van der Waals surface area contributed by atoms with Crippen LogP contribution in [0.15, 0.2) is 4.42 Å². The van der Waals surface area contributed by atoms with E-state index in [2.05, 4.69) is 41.5 Å². The van der Waals surface area contributed by atoms with Gasteiger partial charge in [-0.05, 0) is 30.5 Å². The molecule has 0 fully saturated rings. The zero-order chi connectivity index (χ0) is 13.4. The maximum Gasteiger partial charge on any atom is 0.167 e. The number of aryl methyl sites for hydroxylation is 2. The average molecular weight is 253 g/mol. The van der Waals surface area contributed by atoms with Crippen LogP contribution in [0.5, 0.6) is 0 Å². The predicted molar refractivity (Wildman–Crippen MR) is 76.7 cm³/mol. The number of rotatable bonds is 4. The predicted octanol–water partition coefficient (Wildman–Crippen LogP) is 4.18. The van der Waals surface area contributed by atoms with E-state index in [4.69, 9.17) is 9.40 Å². The van der Waals surface area contributed by atoms with Gasteiger partial charge in [0.2, 0.25) is 0 Å². The van der Waals surface area contributed by atoms with Gasteiger partial charge in [0.25, 0.3) is 0 Å². The second-order valence-electron chi connectivity index (χ2n) is 6.06. The third-order valence-electron chi connectivity index (χ3n) is 4.26. The van der Waals surface area contributed by atoms with Gasteiger partial charge in [-0.2, -0.15) is 0 Å². The van der Waals surface area contributed by atoms with Crippen LogP contribution in [0.3, 0.4) is 0 Å². The summed E-state index contributed by atoms with van der Waals surface area (Å²) in [4.78, 5) is 4.74. The molecule has 0 amide bonds. The van der Waals surface area contributed by atoms with Crippen LogP contribution in [0.4, 0.5) is 0 Å². The van der Waals surface area contributed by atoms with Crippen molar-refractivity contribution < 1.29 is 4.42 Å². The van der Waals surface area contributed by atoms with Gasteiger partial charge in [0.15, 0.2) is 13.6 Å². The second-order valence-corrected chi connectivity index (χ2v) is 11.8. The Morgan fingerprint density at radius 1 is 0.882 bits per heavy atom. The molecule has 0 spiro atoms. The van der Waals surface area contributed by atoms with Crippen molar-refractivity contribution in [3.8, 4) is 0 Å². The summed E-state index contributed by atoms with van der Waals surface area (Å²) in [5.41, 5.74) is 4.08. The number of hydrogen-bond acceptors (Lipinski definition) is 2. The molecule has 0 aliphatic carbocycles. The Hall–Kier alpha value is -0.573. The topological polar surface area (TPSA) is 26.0 Å². The van der Waals surface area contributed by atoms with Gasteiger partial charge < -0.3 is 4.42 Å². The normalized spacial score (nSPS) is 13.1. The van der Waals surface area contributed by atoms with Crippen LogP contribution >= 0.6 is 0 Å². The molecule has 0 aliphatic rings. The Kier molecular flexibility index (Phi) is 4.23. The molecule has 0 atom stereocenters. The van der Waals surface area contributed by atoms with Gasteiger partial charge in [-0.1, -0.05) is 41.5 Å². The lowest BCUT2D eigenvalue weighted by Gasteiger charge is -2.39.